The van der Waals surface area contributed by atoms with Crippen molar-refractivity contribution in [1.29, 1.82) is 0 Å². The summed E-state index contributed by atoms with van der Waals surface area (Å²) in [7, 11) is 0. The minimum absolute atomic E-state index is 0.0229. The highest BCUT2D eigenvalue weighted by atomic mass is 16.5. The van der Waals surface area contributed by atoms with Gasteiger partial charge in [-0.15, -0.1) is 0 Å². The molecule has 1 heterocycles. The smallest absolute Gasteiger partial charge is 0.312 e. The highest BCUT2D eigenvalue weighted by Gasteiger charge is 2.62. The number of esters is 1. The third-order valence-corrected chi connectivity index (χ3v) is 4.88. The van der Waals surface area contributed by atoms with Gasteiger partial charge in [0, 0.05) is 12.6 Å². The number of nitrogens with zero attached hydrogens (tertiary/aromatic N) is 1. The fourth-order valence-electron chi connectivity index (χ4n) is 3.33. The molecule has 1 aromatic rings. The summed E-state index contributed by atoms with van der Waals surface area (Å²) >= 11 is 0. The molecular weight excluding hydrogens is 250 g/mol. The number of carbonyl (C=O) groups is 1. The van der Waals surface area contributed by atoms with E-state index in [0.717, 1.165) is 31.5 Å². The predicted molar refractivity (Wildman–Crippen MR) is 78.1 cm³/mol. The van der Waals surface area contributed by atoms with Crippen LogP contribution in [0.15, 0.2) is 30.3 Å². The van der Waals surface area contributed by atoms with Gasteiger partial charge in [0.05, 0.1) is 5.41 Å². The zero-order valence-electron chi connectivity index (χ0n) is 12.3. The van der Waals surface area contributed by atoms with E-state index in [1.54, 1.807) is 0 Å². The lowest BCUT2D eigenvalue weighted by molar-refractivity contribution is -0.153. The SMILES string of the molecule is CC(C)N1CCC2(C(=O)OCc3ccccc3)CC2C1. The van der Waals surface area contributed by atoms with Gasteiger partial charge in [-0.1, -0.05) is 30.3 Å². The van der Waals surface area contributed by atoms with Crippen molar-refractivity contribution in [3.8, 4) is 0 Å². The van der Waals surface area contributed by atoms with Crippen molar-refractivity contribution in [2.45, 2.75) is 39.3 Å². The van der Waals surface area contributed by atoms with Crippen LogP contribution in [0.2, 0.25) is 0 Å². The number of piperidine rings is 1. The van der Waals surface area contributed by atoms with Gasteiger partial charge in [-0.2, -0.15) is 0 Å². The molecule has 0 N–H and O–H groups in total. The van der Waals surface area contributed by atoms with Crippen molar-refractivity contribution in [3.05, 3.63) is 35.9 Å². The minimum Gasteiger partial charge on any atom is -0.460 e. The van der Waals surface area contributed by atoms with Gasteiger partial charge >= 0.3 is 5.97 Å². The maximum Gasteiger partial charge on any atom is 0.312 e. The molecule has 2 unspecified atom stereocenters. The Balaban J connectivity index is 1.55. The third-order valence-electron chi connectivity index (χ3n) is 4.88. The van der Waals surface area contributed by atoms with Crippen LogP contribution in [0, 0.1) is 11.3 Å². The largest absolute Gasteiger partial charge is 0.460 e. The van der Waals surface area contributed by atoms with Gasteiger partial charge in [-0.25, -0.2) is 0 Å². The highest BCUT2D eigenvalue weighted by molar-refractivity contribution is 5.81. The number of likely N-dealkylation sites (tertiary alicyclic amines) is 1. The fourth-order valence-corrected chi connectivity index (χ4v) is 3.33. The van der Waals surface area contributed by atoms with Crippen LogP contribution in [0.4, 0.5) is 0 Å². The molecule has 3 rings (SSSR count). The molecule has 3 heteroatoms. The Morgan fingerprint density at radius 1 is 1.40 bits per heavy atom. The van der Waals surface area contributed by atoms with Crippen molar-refractivity contribution in [3.63, 3.8) is 0 Å². The first-order chi connectivity index (χ1) is 9.62. The quantitative estimate of drug-likeness (QED) is 0.790. The molecule has 1 aliphatic heterocycles. The van der Waals surface area contributed by atoms with Gasteiger partial charge in [0.1, 0.15) is 6.61 Å². The normalized spacial score (nSPS) is 29.1. The van der Waals surface area contributed by atoms with Gasteiger partial charge in [0.2, 0.25) is 0 Å². The van der Waals surface area contributed by atoms with Crippen molar-refractivity contribution in [2.75, 3.05) is 13.1 Å². The molecule has 0 amide bonds. The number of ether oxygens (including phenoxy) is 1. The molecule has 0 radical (unpaired) electrons. The molecule has 0 spiro atoms. The van der Waals surface area contributed by atoms with Crippen LogP contribution in [-0.2, 0) is 16.1 Å². The molecule has 1 aliphatic carbocycles. The average Bonchev–Trinajstić information content (AvgIpc) is 3.20. The van der Waals surface area contributed by atoms with E-state index in [4.69, 9.17) is 4.74 Å². The molecular formula is C17H23NO2. The number of rotatable bonds is 4. The molecule has 1 saturated carbocycles. The van der Waals surface area contributed by atoms with Crippen molar-refractivity contribution < 1.29 is 9.53 Å². The van der Waals surface area contributed by atoms with Crippen LogP contribution >= 0.6 is 0 Å². The summed E-state index contributed by atoms with van der Waals surface area (Å²) in [4.78, 5) is 14.8. The molecule has 108 valence electrons. The lowest BCUT2D eigenvalue weighted by atomic mass is 9.94. The Bertz CT molecular complexity index is 485. The van der Waals surface area contributed by atoms with Crippen LogP contribution in [0.3, 0.4) is 0 Å². The first kappa shape index (κ1) is 13.6. The summed E-state index contributed by atoms with van der Waals surface area (Å²) in [5.74, 6) is 0.539. The third kappa shape index (κ3) is 2.47. The van der Waals surface area contributed by atoms with E-state index in [9.17, 15) is 4.79 Å². The molecule has 1 aromatic carbocycles. The summed E-state index contributed by atoms with van der Waals surface area (Å²) in [6.45, 7) is 6.93. The lowest BCUT2D eigenvalue weighted by Crippen LogP contribution is -2.41. The zero-order chi connectivity index (χ0) is 14.2. The van der Waals surface area contributed by atoms with E-state index in [1.807, 2.05) is 30.3 Å². The predicted octanol–water partition coefficient (Wildman–Crippen LogP) is 2.85. The van der Waals surface area contributed by atoms with Gasteiger partial charge in [-0.3, -0.25) is 4.79 Å². The Kier molecular flexibility index (Phi) is 3.55. The number of carbonyl (C=O) groups excluding carboxylic acids is 1. The van der Waals surface area contributed by atoms with Crippen LogP contribution in [0.5, 0.6) is 0 Å². The number of hydrogen-bond donors (Lipinski definition) is 0. The molecule has 3 nitrogen and oxygen atoms in total. The second kappa shape index (κ2) is 5.21. The standard InChI is InChI=1S/C17H23NO2/c1-13(2)18-9-8-17(10-15(17)11-18)16(19)20-12-14-6-4-3-5-7-14/h3-7,13,15H,8-12H2,1-2H3. The summed E-state index contributed by atoms with van der Waals surface area (Å²) in [6, 6.07) is 10.5. The zero-order valence-corrected chi connectivity index (χ0v) is 12.3. The number of benzene rings is 1. The van der Waals surface area contributed by atoms with Gasteiger partial charge < -0.3 is 9.64 Å². The van der Waals surface area contributed by atoms with E-state index in [1.165, 1.54) is 0 Å². The van der Waals surface area contributed by atoms with Crippen molar-refractivity contribution >= 4 is 5.97 Å². The highest BCUT2D eigenvalue weighted by Crippen LogP contribution is 2.58. The first-order valence-corrected chi connectivity index (χ1v) is 7.57. The second-order valence-corrected chi connectivity index (χ2v) is 6.46. The van der Waals surface area contributed by atoms with E-state index in [0.29, 0.717) is 18.6 Å². The fraction of sp³-hybridized carbons (Fsp3) is 0.588. The van der Waals surface area contributed by atoms with E-state index < -0.39 is 0 Å². The number of hydrogen-bond acceptors (Lipinski definition) is 3. The second-order valence-electron chi connectivity index (χ2n) is 6.46. The van der Waals surface area contributed by atoms with E-state index in [-0.39, 0.29) is 11.4 Å². The molecule has 2 fully saturated rings. The topological polar surface area (TPSA) is 29.5 Å². The van der Waals surface area contributed by atoms with Gasteiger partial charge in [0.25, 0.3) is 0 Å². The summed E-state index contributed by atoms with van der Waals surface area (Å²) in [6.07, 6.45) is 1.98. The van der Waals surface area contributed by atoms with Crippen molar-refractivity contribution in [1.82, 2.24) is 4.90 Å². The van der Waals surface area contributed by atoms with E-state index in [2.05, 4.69) is 18.7 Å². The first-order valence-electron chi connectivity index (χ1n) is 7.57. The van der Waals surface area contributed by atoms with Crippen molar-refractivity contribution in [2.24, 2.45) is 11.3 Å². The van der Waals surface area contributed by atoms with Gasteiger partial charge in [0.15, 0.2) is 0 Å². The lowest BCUT2D eigenvalue weighted by Gasteiger charge is -2.33. The molecule has 2 atom stereocenters. The molecule has 1 saturated heterocycles. The monoisotopic (exact) mass is 273 g/mol. The Labute approximate surface area is 120 Å². The average molecular weight is 273 g/mol. The maximum atomic E-state index is 12.4. The van der Waals surface area contributed by atoms with Gasteiger partial charge in [-0.05, 0) is 44.7 Å². The number of fused-ring (bicyclic) bond motifs is 1. The Hall–Kier alpha value is -1.35. The molecule has 2 aliphatic rings. The summed E-state index contributed by atoms with van der Waals surface area (Å²) in [5.41, 5.74) is 0.911. The van der Waals surface area contributed by atoms with Crippen LogP contribution in [0.25, 0.3) is 0 Å². The van der Waals surface area contributed by atoms with Crippen LogP contribution < -0.4 is 0 Å². The Morgan fingerprint density at radius 2 is 2.15 bits per heavy atom. The maximum absolute atomic E-state index is 12.4. The minimum atomic E-state index is -0.153. The molecule has 0 bridgehead atoms. The summed E-state index contributed by atoms with van der Waals surface area (Å²) < 4.78 is 5.55. The van der Waals surface area contributed by atoms with E-state index >= 15 is 0 Å². The molecule has 20 heavy (non-hydrogen) atoms. The summed E-state index contributed by atoms with van der Waals surface area (Å²) in [5, 5.41) is 0. The van der Waals surface area contributed by atoms with Crippen LogP contribution in [0.1, 0.15) is 32.3 Å². The Morgan fingerprint density at radius 3 is 2.80 bits per heavy atom. The van der Waals surface area contributed by atoms with Crippen LogP contribution in [-0.4, -0.2) is 30.0 Å². The molecule has 0 aromatic heterocycles.